The first kappa shape index (κ1) is 8.89. The smallest absolute Gasteiger partial charge is 0.185 e. The zero-order chi connectivity index (χ0) is 8.43. The van der Waals surface area contributed by atoms with E-state index in [0.29, 0.717) is 3.57 Å². The largest absolute Gasteiger partial charge is 0.507 e. The van der Waals surface area contributed by atoms with E-state index in [1.54, 1.807) is 0 Å². The average Bonchev–Trinajstić information content (AvgIpc) is 2.01. The van der Waals surface area contributed by atoms with Crippen molar-refractivity contribution in [3.63, 3.8) is 0 Å². The van der Waals surface area contributed by atoms with Crippen molar-refractivity contribution in [1.29, 1.82) is 0 Å². The lowest BCUT2D eigenvalue weighted by Crippen LogP contribution is -1.86. The molecular weight excluding hydrogens is 282 g/mol. The average molecular weight is 286 g/mol. The molecule has 0 fully saturated rings. The molecule has 0 unspecified atom stereocenters. The molecule has 60 valence electrons. The SMILES string of the molecule is OOc1ccc(O)c(I)c1Cl. The molecule has 0 saturated carbocycles. The maximum absolute atomic E-state index is 9.09. The standard InChI is InChI=1S/C6H4ClIO3/c7-5-4(11-10)2-1-3(9)6(5)8/h1-2,9-10H. The molecule has 0 heterocycles. The first-order valence-electron chi connectivity index (χ1n) is 2.65. The van der Waals surface area contributed by atoms with E-state index >= 15 is 0 Å². The van der Waals surface area contributed by atoms with Crippen molar-refractivity contribution in [3.8, 4) is 11.5 Å². The normalized spacial score (nSPS) is 9.73. The Hall–Kier alpha value is -0.200. The molecule has 3 nitrogen and oxygen atoms in total. The molecule has 1 aromatic carbocycles. The number of phenolic OH excluding ortho intramolecular Hbond substituents is 1. The van der Waals surface area contributed by atoms with E-state index < -0.39 is 0 Å². The summed E-state index contributed by atoms with van der Waals surface area (Å²) >= 11 is 7.49. The molecule has 0 aromatic heterocycles. The zero-order valence-corrected chi connectivity index (χ0v) is 8.13. The molecule has 11 heavy (non-hydrogen) atoms. The molecule has 0 aliphatic rings. The predicted octanol–water partition coefficient (Wildman–Crippen LogP) is 2.50. The number of hydrogen-bond donors (Lipinski definition) is 2. The van der Waals surface area contributed by atoms with Gasteiger partial charge in [-0.05, 0) is 34.7 Å². The van der Waals surface area contributed by atoms with Crippen molar-refractivity contribution in [2.24, 2.45) is 0 Å². The second-order valence-electron chi connectivity index (χ2n) is 1.80. The van der Waals surface area contributed by atoms with Gasteiger partial charge in [-0.2, -0.15) is 0 Å². The highest BCUT2D eigenvalue weighted by atomic mass is 127. The second-order valence-corrected chi connectivity index (χ2v) is 3.26. The van der Waals surface area contributed by atoms with Gasteiger partial charge < -0.3 is 9.99 Å². The predicted molar refractivity (Wildman–Crippen MR) is 49.1 cm³/mol. The molecule has 0 radical (unpaired) electrons. The van der Waals surface area contributed by atoms with Gasteiger partial charge in [-0.3, -0.25) is 0 Å². The summed E-state index contributed by atoms with van der Waals surface area (Å²) < 4.78 is 0.454. The van der Waals surface area contributed by atoms with Crippen molar-refractivity contribution < 1.29 is 15.3 Å². The van der Waals surface area contributed by atoms with Crippen molar-refractivity contribution in [3.05, 3.63) is 20.7 Å². The van der Waals surface area contributed by atoms with Gasteiger partial charge in [0.15, 0.2) is 5.75 Å². The Balaban J connectivity index is 3.25. The summed E-state index contributed by atoms with van der Waals surface area (Å²) in [4.78, 5) is 3.93. The first-order valence-corrected chi connectivity index (χ1v) is 4.11. The van der Waals surface area contributed by atoms with Crippen LogP contribution in [0.4, 0.5) is 0 Å². The molecule has 2 N–H and O–H groups in total. The molecular formula is C6H4ClIO3. The van der Waals surface area contributed by atoms with Gasteiger partial charge in [0.05, 0.1) is 3.57 Å². The van der Waals surface area contributed by atoms with Crippen LogP contribution in [0.25, 0.3) is 0 Å². The monoisotopic (exact) mass is 286 g/mol. The molecule has 1 aromatic rings. The number of halogens is 2. The fourth-order valence-electron chi connectivity index (χ4n) is 0.592. The van der Waals surface area contributed by atoms with E-state index in [1.165, 1.54) is 12.1 Å². The number of aromatic hydroxyl groups is 1. The van der Waals surface area contributed by atoms with E-state index in [1.807, 2.05) is 22.6 Å². The summed E-state index contributed by atoms with van der Waals surface area (Å²) in [6, 6.07) is 2.76. The van der Waals surface area contributed by atoms with Gasteiger partial charge in [-0.1, -0.05) is 11.6 Å². The van der Waals surface area contributed by atoms with Crippen LogP contribution in [0.5, 0.6) is 11.5 Å². The minimum Gasteiger partial charge on any atom is -0.507 e. The lowest BCUT2D eigenvalue weighted by molar-refractivity contribution is -0.137. The Kier molecular flexibility index (Phi) is 2.80. The van der Waals surface area contributed by atoms with Gasteiger partial charge in [0.25, 0.3) is 0 Å². The van der Waals surface area contributed by atoms with Gasteiger partial charge in [0.1, 0.15) is 10.8 Å². The van der Waals surface area contributed by atoms with Gasteiger partial charge >= 0.3 is 0 Å². The van der Waals surface area contributed by atoms with Crippen LogP contribution in [0.15, 0.2) is 12.1 Å². The first-order chi connectivity index (χ1) is 5.16. The topological polar surface area (TPSA) is 49.7 Å². The highest BCUT2D eigenvalue weighted by Gasteiger charge is 2.09. The van der Waals surface area contributed by atoms with Crippen LogP contribution in [0, 0.1) is 3.57 Å². The molecule has 0 atom stereocenters. The van der Waals surface area contributed by atoms with Crippen LogP contribution in [0.2, 0.25) is 5.02 Å². The third kappa shape index (κ3) is 1.69. The summed E-state index contributed by atoms with van der Waals surface area (Å²) in [5.74, 6) is 0.199. The number of hydrogen-bond acceptors (Lipinski definition) is 3. The fourth-order valence-corrected chi connectivity index (χ4v) is 1.23. The lowest BCUT2D eigenvalue weighted by Gasteiger charge is -2.02. The van der Waals surface area contributed by atoms with Gasteiger partial charge in [-0.15, -0.1) is 0 Å². The van der Waals surface area contributed by atoms with E-state index in [4.69, 9.17) is 22.0 Å². The number of rotatable bonds is 1. The van der Waals surface area contributed by atoms with Crippen LogP contribution in [-0.2, 0) is 0 Å². The highest BCUT2D eigenvalue weighted by Crippen LogP contribution is 2.34. The molecule has 0 bridgehead atoms. The lowest BCUT2D eigenvalue weighted by atomic mass is 10.3. The van der Waals surface area contributed by atoms with E-state index in [-0.39, 0.29) is 16.5 Å². The highest BCUT2D eigenvalue weighted by molar-refractivity contribution is 14.1. The second kappa shape index (κ2) is 3.46. The van der Waals surface area contributed by atoms with E-state index in [9.17, 15) is 0 Å². The number of benzene rings is 1. The molecule has 0 aliphatic heterocycles. The molecule has 5 heteroatoms. The Labute approximate surface area is 81.6 Å². The third-order valence-corrected chi connectivity index (χ3v) is 2.91. The molecule has 0 spiro atoms. The fraction of sp³-hybridized carbons (Fsp3) is 0. The van der Waals surface area contributed by atoms with Crippen LogP contribution in [0.3, 0.4) is 0 Å². The Bertz CT molecular complexity index is 277. The summed E-state index contributed by atoms with van der Waals surface area (Å²) in [6.45, 7) is 0. The van der Waals surface area contributed by atoms with Crippen molar-refractivity contribution >= 4 is 34.2 Å². The zero-order valence-electron chi connectivity index (χ0n) is 5.21. The minimum atomic E-state index is 0.0661. The van der Waals surface area contributed by atoms with E-state index in [2.05, 4.69) is 4.89 Å². The Morgan fingerprint density at radius 2 is 2.09 bits per heavy atom. The van der Waals surface area contributed by atoms with Crippen molar-refractivity contribution in [2.75, 3.05) is 0 Å². The summed E-state index contributed by atoms with van der Waals surface area (Å²) in [7, 11) is 0. The van der Waals surface area contributed by atoms with Crippen LogP contribution in [-0.4, -0.2) is 10.4 Å². The number of phenols is 1. The minimum absolute atomic E-state index is 0.0661. The van der Waals surface area contributed by atoms with Crippen molar-refractivity contribution in [1.82, 2.24) is 0 Å². The van der Waals surface area contributed by atoms with Crippen molar-refractivity contribution in [2.45, 2.75) is 0 Å². The summed E-state index contributed by atoms with van der Waals surface area (Å²) in [5.41, 5.74) is 0. The molecule has 0 aliphatic carbocycles. The van der Waals surface area contributed by atoms with Crippen LogP contribution >= 0.6 is 34.2 Å². The Morgan fingerprint density at radius 3 is 2.64 bits per heavy atom. The summed E-state index contributed by atoms with van der Waals surface area (Å²) in [6.07, 6.45) is 0. The summed E-state index contributed by atoms with van der Waals surface area (Å²) in [5, 5.41) is 17.6. The van der Waals surface area contributed by atoms with Crippen LogP contribution in [0.1, 0.15) is 0 Å². The maximum Gasteiger partial charge on any atom is 0.185 e. The van der Waals surface area contributed by atoms with Gasteiger partial charge in [-0.25, -0.2) is 5.26 Å². The van der Waals surface area contributed by atoms with Crippen LogP contribution < -0.4 is 4.89 Å². The maximum atomic E-state index is 9.09. The third-order valence-electron chi connectivity index (χ3n) is 1.12. The van der Waals surface area contributed by atoms with Gasteiger partial charge in [0, 0.05) is 0 Å². The van der Waals surface area contributed by atoms with E-state index in [0.717, 1.165) is 0 Å². The molecule has 1 rings (SSSR count). The van der Waals surface area contributed by atoms with Gasteiger partial charge in [0.2, 0.25) is 0 Å². The quantitative estimate of drug-likeness (QED) is 0.474. The molecule has 0 amide bonds. The Morgan fingerprint density at radius 1 is 1.45 bits per heavy atom. The molecule has 0 saturated heterocycles.